The van der Waals surface area contributed by atoms with Crippen molar-refractivity contribution >= 4 is 10.1 Å². The molecule has 0 unspecified atom stereocenters. The van der Waals surface area contributed by atoms with Crippen molar-refractivity contribution in [1.29, 1.82) is 0 Å². The zero-order valence-electron chi connectivity index (χ0n) is 16.9. The van der Waals surface area contributed by atoms with Crippen LogP contribution in [0.3, 0.4) is 0 Å². The number of aliphatic hydroxyl groups is 2. The SMILES string of the molecule is Cc1ccc(S(=O)(=O)O[C@@H]2CO[C@H]3[C@@H]2OC[C@H]3C)cc1.O[C@@H]1CO[C@H]2[C@@H]1OC[C@H]2O. The lowest BCUT2D eigenvalue weighted by atomic mass is 10.0. The monoisotopic (exact) mass is 444 g/mol. The molecule has 0 spiro atoms. The molecule has 0 aliphatic carbocycles. The molecule has 0 radical (unpaired) electrons. The second-order valence-electron chi connectivity index (χ2n) is 8.21. The maximum Gasteiger partial charge on any atom is 0.297 e. The summed E-state index contributed by atoms with van der Waals surface area (Å²) >= 11 is 0. The Morgan fingerprint density at radius 2 is 1.37 bits per heavy atom. The summed E-state index contributed by atoms with van der Waals surface area (Å²) in [7, 11) is -3.78. The number of hydrogen-bond acceptors (Lipinski definition) is 9. The number of aryl methyl sites for hydroxylation is 1. The van der Waals surface area contributed by atoms with E-state index in [1.165, 1.54) is 0 Å². The molecule has 4 aliphatic rings. The van der Waals surface area contributed by atoms with Crippen molar-refractivity contribution < 1.29 is 41.8 Å². The predicted octanol–water partition coefficient (Wildman–Crippen LogP) is 0.00842. The summed E-state index contributed by atoms with van der Waals surface area (Å²) in [6, 6.07) is 6.60. The van der Waals surface area contributed by atoms with Crippen LogP contribution < -0.4 is 0 Å². The van der Waals surface area contributed by atoms with Gasteiger partial charge >= 0.3 is 0 Å². The van der Waals surface area contributed by atoms with Crippen LogP contribution in [-0.2, 0) is 33.2 Å². The maximum atomic E-state index is 12.2. The fourth-order valence-corrected chi connectivity index (χ4v) is 5.19. The van der Waals surface area contributed by atoms with Gasteiger partial charge in [0.2, 0.25) is 0 Å². The summed E-state index contributed by atoms with van der Waals surface area (Å²) in [5, 5.41) is 18.3. The lowest BCUT2D eigenvalue weighted by Gasteiger charge is -2.16. The van der Waals surface area contributed by atoms with Gasteiger partial charge in [0.1, 0.15) is 36.6 Å². The van der Waals surface area contributed by atoms with Crippen molar-refractivity contribution in [2.75, 3.05) is 26.4 Å². The minimum absolute atomic E-state index is 0.0618. The highest BCUT2D eigenvalue weighted by atomic mass is 32.2. The van der Waals surface area contributed by atoms with Crippen LogP contribution in [0.1, 0.15) is 12.5 Å². The Hall–Kier alpha value is -1.11. The molecule has 1 aromatic rings. The molecule has 9 nitrogen and oxygen atoms in total. The average Bonchev–Trinajstić information content (AvgIpc) is 3.45. The van der Waals surface area contributed by atoms with Crippen molar-refractivity contribution in [3.8, 4) is 0 Å². The quantitative estimate of drug-likeness (QED) is 0.621. The van der Waals surface area contributed by atoms with Gasteiger partial charge in [0.25, 0.3) is 10.1 Å². The van der Waals surface area contributed by atoms with Gasteiger partial charge in [-0.15, -0.1) is 0 Å². The maximum absolute atomic E-state index is 12.2. The van der Waals surface area contributed by atoms with Gasteiger partial charge in [-0.2, -0.15) is 8.42 Å². The Bertz CT molecular complexity index is 811. The fourth-order valence-electron chi connectivity index (χ4n) is 4.12. The molecule has 10 heteroatoms. The van der Waals surface area contributed by atoms with Crippen molar-refractivity contribution in [3.63, 3.8) is 0 Å². The molecule has 4 saturated heterocycles. The molecule has 8 atom stereocenters. The first-order valence-electron chi connectivity index (χ1n) is 10.1. The van der Waals surface area contributed by atoms with Gasteiger partial charge in [-0.3, -0.25) is 4.18 Å². The van der Waals surface area contributed by atoms with E-state index < -0.39 is 28.4 Å². The normalized spacial score (nSPS) is 40.0. The molecule has 2 N–H and O–H groups in total. The van der Waals surface area contributed by atoms with Crippen LogP contribution in [0.25, 0.3) is 0 Å². The van der Waals surface area contributed by atoms with E-state index in [2.05, 4.69) is 0 Å². The molecular weight excluding hydrogens is 416 g/mol. The molecule has 0 amide bonds. The third kappa shape index (κ3) is 4.42. The second kappa shape index (κ2) is 8.79. The van der Waals surface area contributed by atoms with E-state index in [4.69, 9.17) is 33.3 Å². The number of hydrogen-bond donors (Lipinski definition) is 2. The highest BCUT2D eigenvalue weighted by Crippen LogP contribution is 2.33. The lowest BCUT2D eigenvalue weighted by molar-refractivity contribution is 0.00205. The van der Waals surface area contributed by atoms with Crippen molar-refractivity contribution in [2.24, 2.45) is 5.92 Å². The number of aliphatic hydroxyl groups excluding tert-OH is 2. The molecule has 4 fully saturated rings. The van der Waals surface area contributed by atoms with Crippen LogP contribution >= 0.6 is 0 Å². The van der Waals surface area contributed by atoms with Gasteiger partial charge < -0.3 is 29.2 Å². The zero-order valence-corrected chi connectivity index (χ0v) is 17.7. The summed E-state index contributed by atoms with van der Waals surface area (Å²) in [4.78, 5) is 0.164. The van der Waals surface area contributed by atoms with Crippen LogP contribution in [0.4, 0.5) is 0 Å². The third-order valence-corrected chi connectivity index (χ3v) is 7.17. The molecule has 1 aromatic carbocycles. The van der Waals surface area contributed by atoms with Crippen LogP contribution in [0.2, 0.25) is 0 Å². The molecule has 0 saturated carbocycles. The molecule has 4 heterocycles. The minimum Gasteiger partial charge on any atom is -0.388 e. The third-order valence-electron chi connectivity index (χ3n) is 5.82. The zero-order chi connectivity index (χ0) is 21.5. The Balaban J connectivity index is 0.000000181. The smallest absolute Gasteiger partial charge is 0.297 e. The summed E-state index contributed by atoms with van der Waals surface area (Å²) in [6.07, 6.45) is -2.61. The Morgan fingerprint density at radius 3 is 1.97 bits per heavy atom. The van der Waals surface area contributed by atoms with Gasteiger partial charge in [-0.05, 0) is 19.1 Å². The van der Waals surface area contributed by atoms with Crippen LogP contribution in [0, 0.1) is 12.8 Å². The van der Waals surface area contributed by atoms with E-state index in [1.807, 2.05) is 13.8 Å². The van der Waals surface area contributed by atoms with Crippen LogP contribution in [0.5, 0.6) is 0 Å². The van der Waals surface area contributed by atoms with E-state index in [9.17, 15) is 8.42 Å². The van der Waals surface area contributed by atoms with E-state index in [-0.39, 0.29) is 55.0 Å². The van der Waals surface area contributed by atoms with Gasteiger partial charge in [-0.1, -0.05) is 24.6 Å². The number of benzene rings is 1. The average molecular weight is 445 g/mol. The Labute approximate surface area is 176 Å². The van der Waals surface area contributed by atoms with Crippen molar-refractivity contribution in [1.82, 2.24) is 0 Å². The molecule has 0 aromatic heterocycles. The van der Waals surface area contributed by atoms with Crippen LogP contribution in [-0.4, -0.2) is 87.8 Å². The first-order valence-corrected chi connectivity index (χ1v) is 11.5. The Kier molecular flexibility index (Phi) is 6.48. The van der Waals surface area contributed by atoms with Gasteiger partial charge in [0, 0.05) is 5.92 Å². The lowest BCUT2D eigenvalue weighted by Crippen LogP contribution is -2.32. The van der Waals surface area contributed by atoms with Gasteiger partial charge in [0.05, 0.1) is 37.4 Å². The number of rotatable bonds is 3. The first-order chi connectivity index (χ1) is 14.3. The number of fused-ring (bicyclic) bond motifs is 2. The second-order valence-corrected chi connectivity index (χ2v) is 9.78. The molecule has 30 heavy (non-hydrogen) atoms. The molecular formula is C20H28O9S. The molecule has 168 valence electrons. The van der Waals surface area contributed by atoms with Crippen molar-refractivity contribution in [2.45, 2.75) is 61.5 Å². The van der Waals surface area contributed by atoms with E-state index in [0.717, 1.165) is 5.56 Å². The standard InChI is InChI=1S/C14H18O5S.C6H10O4/c1-9-3-5-11(6-4-9)20(15,16)19-12-8-18-13-10(2)7-17-14(12)13;7-3-1-9-6-4(8)2-10-5(3)6/h3-6,10,12-14H,7-8H2,1-2H3;3-8H,1-2H2/t10-,12-,13-,14-;3-,4-,5-,6-/m11/s1. The molecule has 5 rings (SSSR count). The molecule has 4 aliphatic heterocycles. The summed E-state index contributed by atoms with van der Waals surface area (Å²) in [5.74, 6) is 0.274. The largest absolute Gasteiger partial charge is 0.388 e. The minimum atomic E-state index is -3.78. The van der Waals surface area contributed by atoms with E-state index in [1.54, 1.807) is 24.3 Å². The molecule has 0 bridgehead atoms. The predicted molar refractivity (Wildman–Crippen MR) is 103 cm³/mol. The first kappa shape index (κ1) is 22.1. The van der Waals surface area contributed by atoms with E-state index >= 15 is 0 Å². The van der Waals surface area contributed by atoms with Gasteiger partial charge in [0.15, 0.2) is 0 Å². The summed E-state index contributed by atoms with van der Waals surface area (Å²) in [5.41, 5.74) is 1.00. The number of ether oxygens (including phenoxy) is 4. The highest BCUT2D eigenvalue weighted by molar-refractivity contribution is 7.86. The van der Waals surface area contributed by atoms with Crippen molar-refractivity contribution in [3.05, 3.63) is 29.8 Å². The van der Waals surface area contributed by atoms with Crippen LogP contribution in [0.15, 0.2) is 29.2 Å². The highest BCUT2D eigenvalue weighted by Gasteiger charge is 2.48. The van der Waals surface area contributed by atoms with Gasteiger partial charge in [-0.25, -0.2) is 0 Å². The Morgan fingerprint density at radius 1 is 0.833 bits per heavy atom. The summed E-state index contributed by atoms with van der Waals surface area (Å²) < 4.78 is 51.1. The van der Waals surface area contributed by atoms with E-state index in [0.29, 0.717) is 6.61 Å². The summed E-state index contributed by atoms with van der Waals surface area (Å²) in [6.45, 7) is 5.34. The topological polar surface area (TPSA) is 121 Å². The fraction of sp³-hybridized carbons (Fsp3) is 0.700.